The van der Waals surface area contributed by atoms with E-state index in [2.05, 4.69) is 18.3 Å². The lowest BCUT2D eigenvalue weighted by Crippen LogP contribution is -2.31. The Hall–Kier alpha value is -1.37. The highest BCUT2D eigenvalue weighted by Crippen LogP contribution is 2.16. The molecule has 2 unspecified atom stereocenters. The Morgan fingerprint density at radius 3 is 2.75 bits per heavy atom. The van der Waals surface area contributed by atoms with Gasteiger partial charge in [0.15, 0.2) is 0 Å². The SMILES string of the molecule is CC(NC1CCOC1)c1ccc(C#N)cc1. The molecule has 3 nitrogen and oxygen atoms in total. The summed E-state index contributed by atoms with van der Waals surface area (Å²) in [5.41, 5.74) is 1.92. The lowest BCUT2D eigenvalue weighted by Gasteiger charge is -2.18. The quantitative estimate of drug-likeness (QED) is 0.840. The molecule has 1 aliphatic rings. The molecule has 0 bridgehead atoms. The van der Waals surface area contributed by atoms with Gasteiger partial charge in [0.1, 0.15) is 0 Å². The van der Waals surface area contributed by atoms with E-state index in [9.17, 15) is 0 Å². The summed E-state index contributed by atoms with van der Waals surface area (Å²) in [7, 11) is 0. The Labute approximate surface area is 96.0 Å². The van der Waals surface area contributed by atoms with Crippen LogP contribution in [0.5, 0.6) is 0 Å². The lowest BCUT2D eigenvalue weighted by molar-refractivity contribution is 0.188. The van der Waals surface area contributed by atoms with Crippen molar-refractivity contribution in [3.8, 4) is 6.07 Å². The summed E-state index contributed by atoms with van der Waals surface area (Å²) in [6.45, 7) is 3.80. The van der Waals surface area contributed by atoms with Gasteiger partial charge in [-0.3, -0.25) is 0 Å². The Balaban J connectivity index is 1.97. The zero-order valence-electron chi connectivity index (χ0n) is 9.44. The number of benzene rings is 1. The maximum atomic E-state index is 8.71. The van der Waals surface area contributed by atoms with Gasteiger partial charge in [-0.25, -0.2) is 0 Å². The molecule has 1 aromatic rings. The average Bonchev–Trinajstić information content (AvgIpc) is 2.82. The van der Waals surface area contributed by atoms with E-state index >= 15 is 0 Å². The molecule has 3 heteroatoms. The highest BCUT2D eigenvalue weighted by Gasteiger charge is 2.17. The largest absolute Gasteiger partial charge is 0.380 e. The maximum Gasteiger partial charge on any atom is 0.0991 e. The molecule has 0 spiro atoms. The van der Waals surface area contributed by atoms with Crippen LogP contribution in [0.15, 0.2) is 24.3 Å². The van der Waals surface area contributed by atoms with Gasteiger partial charge in [-0.1, -0.05) is 12.1 Å². The number of hydrogen-bond acceptors (Lipinski definition) is 3. The summed E-state index contributed by atoms with van der Waals surface area (Å²) in [6, 6.07) is 10.6. The van der Waals surface area contributed by atoms with Crippen molar-refractivity contribution < 1.29 is 4.74 Å². The highest BCUT2D eigenvalue weighted by atomic mass is 16.5. The van der Waals surface area contributed by atoms with E-state index in [4.69, 9.17) is 10.00 Å². The number of nitriles is 1. The smallest absolute Gasteiger partial charge is 0.0991 e. The fourth-order valence-corrected chi connectivity index (χ4v) is 1.96. The highest BCUT2D eigenvalue weighted by molar-refractivity contribution is 5.32. The summed E-state index contributed by atoms with van der Waals surface area (Å²) < 4.78 is 5.32. The predicted molar refractivity (Wildman–Crippen MR) is 61.9 cm³/mol. The average molecular weight is 216 g/mol. The van der Waals surface area contributed by atoms with Crippen LogP contribution in [0.2, 0.25) is 0 Å². The molecular formula is C13H16N2O. The topological polar surface area (TPSA) is 45.0 Å². The number of ether oxygens (including phenoxy) is 1. The van der Waals surface area contributed by atoms with Gasteiger partial charge >= 0.3 is 0 Å². The van der Waals surface area contributed by atoms with Crippen molar-refractivity contribution in [2.24, 2.45) is 0 Å². The predicted octanol–water partition coefficient (Wildman–Crippen LogP) is 2.00. The molecule has 1 N–H and O–H groups in total. The standard InChI is InChI=1S/C13H16N2O/c1-10(15-13-6-7-16-9-13)12-4-2-11(8-14)3-5-12/h2-5,10,13,15H,6-7,9H2,1H3. The number of hydrogen-bond donors (Lipinski definition) is 1. The van der Waals surface area contributed by atoms with Crippen molar-refractivity contribution in [1.29, 1.82) is 5.26 Å². The summed E-state index contributed by atoms with van der Waals surface area (Å²) >= 11 is 0. The molecular weight excluding hydrogens is 200 g/mol. The number of rotatable bonds is 3. The van der Waals surface area contributed by atoms with Gasteiger partial charge in [-0.2, -0.15) is 5.26 Å². The van der Waals surface area contributed by atoms with E-state index in [0.29, 0.717) is 17.6 Å². The van der Waals surface area contributed by atoms with E-state index in [0.717, 1.165) is 19.6 Å². The second-order valence-electron chi connectivity index (χ2n) is 4.18. The molecule has 1 aliphatic heterocycles. The molecule has 0 saturated carbocycles. The first-order valence-corrected chi connectivity index (χ1v) is 5.63. The van der Waals surface area contributed by atoms with Crippen molar-refractivity contribution in [1.82, 2.24) is 5.32 Å². The van der Waals surface area contributed by atoms with Crippen molar-refractivity contribution in [3.63, 3.8) is 0 Å². The van der Waals surface area contributed by atoms with Crippen LogP contribution in [-0.2, 0) is 4.74 Å². The first kappa shape index (κ1) is 11.1. The molecule has 2 rings (SSSR count). The van der Waals surface area contributed by atoms with E-state index in [1.807, 2.05) is 24.3 Å². The molecule has 1 fully saturated rings. The second-order valence-corrected chi connectivity index (χ2v) is 4.18. The van der Waals surface area contributed by atoms with E-state index in [-0.39, 0.29) is 0 Å². The van der Waals surface area contributed by atoms with E-state index in [1.54, 1.807) is 0 Å². The Kier molecular flexibility index (Phi) is 3.55. The Morgan fingerprint density at radius 1 is 1.44 bits per heavy atom. The van der Waals surface area contributed by atoms with Gasteiger partial charge in [-0.05, 0) is 31.0 Å². The molecule has 1 saturated heterocycles. The Morgan fingerprint density at radius 2 is 2.19 bits per heavy atom. The molecule has 1 heterocycles. The number of nitrogens with one attached hydrogen (secondary N) is 1. The van der Waals surface area contributed by atoms with Crippen LogP contribution in [0, 0.1) is 11.3 Å². The van der Waals surface area contributed by atoms with Crippen LogP contribution in [-0.4, -0.2) is 19.3 Å². The van der Waals surface area contributed by atoms with Crippen LogP contribution in [0.4, 0.5) is 0 Å². The minimum Gasteiger partial charge on any atom is -0.380 e. The molecule has 0 radical (unpaired) electrons. The van der Waals surface area contributed by atoms with Gasteiger partial charge < -0.3 is 10.1 Å². The van der Waals surface area contributed by atoms with Crippen molar-refractivity contribution in [2.45, 2.75) is 25.4 Å². The first-order chi connectivity index (χ1) is 7.79. The summed E-state index contributed by atoms with van der Waals surface area (Å²) in [5, 5.41) is 12.2. The van der Waals surface area contributed by atoms with Crippen LogP contribution >= 0.6 is 0 Å². The summed E-state index contributed by atoms with van der Waals surface area (Å²) in [6.07, 6.45) is 1.08. The summed E-state index contributed by atoms with van der Waals surface area (Å²) in [5.74, 6) is 0. The lowest BCUT2D eigenvalue weighted by atomic mass is 10.1. The van der Waals surface area contributed by atoms with Gasteiger partial charge in [0.05, 0.1) is 18.2 Å². The minimum atomic E-state index is 0.305. The molecule has 0 aliphatic carbocycles. The molecule has 16 heavy (non-hydrogen) atoms. The van der Waals surface area contributed by atoms with Crippen molar-refractivity contribution in [2.75, 3.05) is 13.2 Å². The monoisotopic (exact) mass is 216 g/mol. The van der Waals surface area contributed by atoms with Gasteiger partial charge in [0, 0.05) is 18.7 Å². The van der Waals surface area contributed by atoms with Gasteiger partial charge in [-0.15, -0.1) is 0 Å². The van der Waals surface area contributed by atoms with Crippen molar-refractivity contribution >= 4 is 0 Å². The zero-order chi connectivity index (χ0) is 11.4. The van der Waals surface area contributed by atoms with Crippen LogP contribution < -0.4 is 5.32 Å². The normalized spacial score (nSPS) is 21.6. The first-order valence-electron chi connectivity index (χ1n) is 5.63. The molecule has 2 atom stereocenters. The van der Waals surface area contributed by atoms with Crippen LogP contribution in [0.3, 0.4) is 0 Å². The second kappa shape index (κ2) is 5.11. The summed E-state index contributed by atoms with van der Waals surface area (Å²) in [4.78, 5) is 0. The van der Waals surface area contributed by atoms with Gasteiger partial charge in [0.2, 0.25) is 0 Å². The molecule has 1 aromatic carbocycles. The van der Waals surface area contributed by atoms with E-state index < -0.39 is 0 Å². The fraction of sp³-hybridized carbons (Fsp3) is 0.462. The maximum absolute atomic E-state index is 8.71. The zero-order valence-corrected chi connectivity index (χ0v) is 9.44. The fourth-order valence-electron chi connectivity index (χ4n) is 1.96. The van der Waals surface area contributed by atoms with Crippen molar-refractivity contribution in [3.05, 3.63) is 35.4 Å². The third-order valence-corrected chi connectivity index (χ3v) is 2.96. The number of nitrogens with zero attached hydrogens (tertiary/aromatic N) is 1. The Bertz CT molecular complexity index is 374. The van der Waals surface area contributed by atoms with Gasteiger partial charge in [0.25, 0.3) is 0 Å². The third kappa shape index (κ3) is 2.60. The third-order valence-electron chi connectivity index (χ3n) is 2.96. The van der Waals surface area contributed by atoms with E-state index in [1.165, 1.54) is 5.56 Å². The van der Waals surface area contributed by atoms with Crippen LogP contribution in [0.1, 0.15) is 30.5 Å². The van der Waals surface area contributed by atoms with Crippen LogP contribution in [0.25, 0.3) is 0 Å². The molecule has 0 amide bonds. The molecule has 84 valence electrons. The minimum absolute atomic E-state index is 0.305. The molecule has 0 aromatic heterocycles.